The van der Waals surface area contributed by atoms with Gasteiger partial charge in [0.25, 0.3) is 0 Å². The molecule has 92 valence electrons. The van der Waals surface area contributed by atoms with E-state index < -0.39 is 0 Å². The van der Waals surface area contributed by atoms with Crippen molar-refractivity contribution >= 4 is 11.6 Å². The SMILES string of the molecule is O=C1/C=C\C(=O)CCCCC=C=CCCCC1. The summed E-state index contributed by atoms with van der Waals surface area (Å²) in [6.07, 6.45) is 13.8. The quantitative estimate of drug-likeness (QED) is 0.599. The van der Waals surface area contributed by atoms with Gasteiger partial charge in [-0.3, -0.25) is 9.59 Å². The van der Waals surface area contributed by atoms with Crippen LogP contribution >= 0.6 is 0 Å². The fourth-order valence-corrected chi connectivity index (χ4v) is 1.69. The van der Waals surface area contributed by atoms with E-state index >= 15 is 0 Å². The van der Waals surface area contributed by atoms with E-state index in [0.29, 0.717) is 12.8 Å². The number of carbonyl (C=O) groups is 2. The van der Waals surface area contributed by atoms with Gasteiger partial charge in [0, 0.05) is 12.8 Å². The molecule has 0 aromatic heterocycles. The van der Waals surface area contributed by atoms with E-state index in [0.717, 1.165) is 38.5 Å². The zero-order chi connectivity index (χ0) is 12.3. The summed E-state index contributed by atoms with van der Waals surface area (Å²) in [6, 6.07) is 0. The van der Waals surface area contributed by atoms with Crippen LogP contribution in [0.1, 0.15) is 51.4 Å². The van der Waals surface area contributed by atoms with Gasteiger partial charge in [-0.2, -0.15) is 0 Å². The van der Waals surface area contributed by atoms with Crippen molar-refractivity contribution in [1.82, 2.24) is 0 Å². The second-order valence-corrected chi connectivity index (χ2v) is 4.33. The highest BCUT2D eigenvalue weighted by atomic mass is 16.1. The molecule has 0 aromatic rings. The van der Waals surface area contributed by atoms with Crippen molar-refractivity contribution in [3.05, 3.63) is 30.0 Å². The van der Waals surface area contributed by atoms with Gasteiger partial charge in [-0.25, -0.2) is 0 Å². The van der Waals surface area contributed by atoms with Crippen LogP contribution in [0.4, 0.5) is 0 Å². The van der Waals surface area contributed by atoms with E-state index in [-0.39, 0.29) is 11.6 Å². The molecule has 0 amide bonds. The minimum Gasteiger partial charge on any atom is -0.295 e. The van der Waals surface area contributed by atoms with E-state index in [2.05, 4.69) is 5.73 Å². The number of carbonyl (C=O) groups excluding carboxylic acids is 2. The zero-order valence-electron chi connectivity index (χ0n) is 10.3. The second kappa shape index (κ2) is 8.72. The molecule has 0 heterocycles. The Balaban J connectivity index is 2.48. The van der Waals surface area contributed by atoms with Crippen LogP contribution in [0.5, 0.6) is 0 Å². The summed E-state index contributed by atoms with van der Waals surface area (Å²) in [6.45, 7) is 0. The Kier molecular flexibility index (Phi) is 7.01. The molecule has 0 atom stereocenters. The van der Waals surface area contributed by atoms with E-state index in [4.69, 9.17) is 0 Å². The van der Waals surface area contributed by atoms with Crippen LogP contribution < -0.4 is 0 Å². The third-order valence-electron chi connectivity index (χ3n) is 2.73. The van der Waals surface area contributed by atoms with Crippen LogP contribution in [0.2, 0.25) is 0 Å². The number of hydrogen-bond acceptors (Lipinski definition) is 2. The second-order valence-electron chi connectivity index (χ2n) is 4.33. The van der Waals surface area contributed by atoms with Crippen molar-refractivity contribution in [3.8, 4) is 0 Å². The highest BCUT2D eigenvalue weighted by Gasteiger charge is 2.00. The standard InChI is InChI=1S/C15H20O2/c16-14-10-8-6-4-2-1-3-5-7-9-11-15(17)13-12-14/h2-3,12-13H,4-11H2/b13-12-. The Morgan fingerprint density at radius 2 is 1.24 bits per heavy atom. The smallest absolute Gasteiger partial charge is 0.155 e. The number of rotatable bonds is 0. The van der Waals surface area contributed by atoms with Gasteiger partial charge in [0.1, 0.15) is 0 Å². The Hall–Kier alpha value is -1.40. The van der Waals surface area contributed by atoms with Crippen molar-refractivity contribution in [2.45, 2.75) is 51.4 Å². The molecule has 2 nitrogen and oxygen atoms in total. The monoisotopic (exact) mass is 232 g/mol. The molecule has 0 unspecified atom stereocenters. The van der Waals surface area contributed by atoms with Crippen molar-refractivity contribution in [2.75, 3.05) is 0 Å². The van der Waals surface area contributed by atoms with Gasteiger partial charge in [0.2, 0.25) is 0 Å². The topological polar surface area (TPSA) is 34.1 Å². The third-order valence-corrected chi connectivity index (χ3v) is 2.73. The number of ketones is 2. The third kappa shape index (κ3) is 7.48. The van der Waals surface area contributed by atoms with Crippen molar-refractivity contribution in [3.63, 3.8) is 0 Å². The Morgan fingerprint density at radius 3 is 1.71 bits per heavy atom. The van der Waals surface area contributed by atoms with Gasteiger partial charge in [0.05, 0.1) is 0 Å². The first-order valence-corrected chi connectivity index (χ1v) is 6.42. The fraction of sp³-hybridized carbons (Fsp3) is 0.533. The molecule has 0 fully saturated rings. The predicted octanol–water partition coefficient (Wildman–Crippen LogP) is 3.53. The average molecular weight is 232 g/mol. The predicted molar refractivity (Wildman–Crippen MR) is 68.7 cm³/mol. The summed E-state index contributed by atoms with van der Waals surface area (Å²) in [5.74, 6) is 0.125. The summed E-state index contributed by atoms with van der Waals surface area (Å²) in [5.41, 5.74) is 3.14. The van der Waals surface area contributed by atoms with Crippen molar-refractivity contribution in [2.24, 2.45) is 0 Å². The maximum atomic E-state index is 11.4. The van der Waals surface area contributed by atoms with Crippen LogP contribution in [-0.2, 0) is 9.59 Å². The maximum Gasteiger partial charge on any atom is 0.155 e. The zero-order valence-corrected chi connectivity index (χ0v) is 10.3. The highest BCUT2D eigenvalue weighted by Crippen LogP contribution is 2.05. The molecule has 0 bridgehead atoms. The van der Waals surface area contributed by atoms with Crippen LogP contribution in [0.25, 0.3) is 0 Å². The summed E-state index contributed by atoms with van der Waals surface area (Å²) in [7, 11) is 0. The van der Waals surface area contributed by atoms with Crippen LogP contribution in [0.15, 0.2) is 30.0 Å². The Labute approximate surface area is 103 Å². The first-order chi connectivity index (χ1) is 8.29. The summed E-state index contributed by atoms with van der Waals surface area (Å²) >= 11 is 0. The van der Waals surface area contributed by atoms with Crippen molar-refractivity contribution < 1.29 is 9.59 Å². The molecule has 0 aromatic carbocycles. The van der Waals surface area contributed by atoms with E-state index in [1.165, 1.54) is 12.2 Å². The van der Waals surface area contributed by atoms with Gasteiger partial charge < -0.3 is 0 Å². The number of hydrogen-bond donors (Lipinski definition) is 0. The van der Waals surface area contributed by atoms with Crippen molar-refractivity contribution in [1.29, 1.82) is 0 Å². The lowest BCUT2D eigenvalue weighted by Crippen LogP contribution is -1.97. The minimum atomic E-state index is 0.0627. The average Bonchev–Trinajstić information content (AvgIpc) is 2.33. The van der Waals surface area contributed by atoms with Gasteiger partial charge in [0.15, 0.2) is 11.6 Å². The number of allylic oxidation sites excluding steroid dienone is 3. The molecule has 0 saturated heterocycles. The molecule has 2 heteroatoms. The van der Waals surface area contributed by atoms with E-state index in [1.54, 1.807) is 0 Å². The normalized spacial score (nSPS) is 21.9. The van der Waals surface area contributed by atoms with Crippen LogP contribution in [-0.4, -0.2) is 11.6 Å². The van der Waals surface area contributed by atoms with Gasteiger partial charge >= 0.3 is 0 Å². The fourth-order valence-electron chi connectivity index (χ4n) is 1.69. The van der Waals surface area contributed by atoms with E-state index in [9.17, 15) is 9.59 Å². The first kappa shape index (κ1) is 13.7. The maximum absolute atomic E-state index is 11.4. The summed E-state index contributed by atoms with van der Waals surface area (Å²) in [5, 5.41) is 0. The summed E-state index contributed by atoms with van der Waals surface area (Å²) < 4.78 is 0. The Bertz CT molecular complexity index is 314. The summed E-state index contributed by atoms with van der Waals surface area (Å²) in [4.78, 5) is 22.8. The molecule has 17 heavy (non-hydrogen) atoms. The minimum absolute atomic E-state index is 0.0627. The highest BCUT2D eigenvalue weighted by molar-refractivity contribution is 5.98. The molecule has 0 aliphatic heterocycles. The van der Waals surface area contributed by atoms with Crippen LogP contribution in [0.3, 0.4) is 0 Å². The molecule has 1 aliphatic rings. The molecule has 0 spiro atoms. The molecule has 1 aliphatic carbocycles. The molecule has 1 rings (SSSR count). The molecule has 0 radical (unpaired) electrons. The van der Waals surface area contributed by atoms with Crippen LogP contribution in [0, 0.1) is 0 Å². The van der Waals surface area contributed by atoms with Gasteiger partial charge in [-0.15, -0.1) is 5.73 Å². The van der Waals surface area contributed by atoms with Gasteiger partial charge in [-0.1, -0.05) is 0 Å². The molecule has 0 saturated carbocycles. The van der Waals surface area contributed by atoms with Gasteiger partial charge in [-0.05, 0) is 62.8 Å². The molecule has 0 N–H and O–H groups in total. The lowest BCUT2D eigenvalue weighted by molar-refractivity contribution is -0.116. The first-order valence-electron chi connectivity index (χ1n) is 6.42. The molecular weight excluding hydrogens is 212 g/mol. The Morgan fingerprint density at radius 1 is 0.765 bits per heavy atom. The van der Waals surface area contributed by atoms with E-state index in [1.807, 2.05) is 12.2 Å². The lowest BCUT2D eigenvalue weighted by Gasteiger charge is -1.95. The largest absolute Gasteiger partial charge is 0.295 e. The lowest BCUT2D eigenvalue weighted by atomic mass is 10.1. The molecular formula is C15H20O2.